The summed E-state index contributed by atoms with van der Waals surface area (Å²) in [5, 5.41) is 9.19. The number of rotatable bonds is 4. The van der Waals surface area contributed by atoms with E-state index < -0.39 is 10.0 Å². The molecule has 2 rings (SSSR count). The molecule has 5 heteroatoms. The number of phenols is 1. The van der Waals surface area contributed by atoms with Crippen LogP contribution in [0.3, 0.4) is 0 Å². The molecule has 0 aromatic heterocycles. The molecule has 0 amide bonds. The molecule has 1 aliphatic heterocycles. The van der Waals surface area contributed by atoms with Gasteiger partial charge in [0.2, 0.25) is 10.0 Å². The first-order chi connectivity index (χ1) is 8.54. The molecule has 0 saturated carbocycles. The Kier molecular flexibility index (Phi) is 3.92. The first kappa shape index (κ1) is 13.4. The van der Waals surface area contributed by atoms with Crippen molar-refractivity contribution in [3.63, 3.8) is 0 Å². The monoisotopic (exact) mass is 269 g/mol. The Labute approximate surface area is 108 Å². The number of hydrogen-bond acceptors (Lipinski definition) is 3. The molecule has 1 heterocycles. The Balaban J connectivity index is 2.15. The van der Waals surface area contributed by atoms with Crippen molar-refractivity contribution < 1.29 is 13.5 Å². The van der Waals surface area contributed by atoms with Crippen molar-refractivity contribution in [2.24, 2.45) is 5.92 Å². The summed E-state index contributed by atoms with van der Waals surface area (Å²) in [6.07, 6.45) is 3.13. The lowest BCUT2D eigenvalue weighted by Crippen LogP contribution is -2.28. The van der Waals surface area contributed by atoms with Gasteiger partial charge in [-0.25, -0.2) is 8.42 Å². The average Bonchev–Trinajstić information content (AvgIpc) is 2.79. The minimum absolute atomic E-state index is 0.0826. The first-order valence-electron chi connectivity index (χ1n) is 6.33. The van der Waals surface area contributed by atoms with Gasteiger partial charge in [-0.3, -0.25) is 0 Å². The van der Waals surface area contributed by atoms with Crippen LogP contribution >= 0.6 is 0 Å². The summed E-state index contributed by atoms with van der Waals surface area (Å²) in [6, 6.07) is 5.73. The second kappa shape index (κ2) is 5.28. The Hall–Kier alpha value is -1.07. The molecule has 0 radical (unpaired) electrons. The lowest BCUT2D eigenvalue weighted by atomic mass is 10.0. The number of hydrogen-bond donors (Lipinski definition) is 1. The Bertz CT molecular complexity index is 495. The first-order valence-corrected chi connectivity index (χ1v) is 7.77. The van der Waals surface area contributed by atoms with Crippen molar-refractivity contribution >= 4 is 10.0 Å². The molecule has 1 unspecified atom stereocenters. The molecular formula is C13H19NO3S. The normalized spacial score (nSPS) is 21.3. The molecule has 1 saturated heterocycles. The maximum absolute atomic E-state index is 12.3. The molecule has 1 aromatic rings. The van der Waals surface area contributed by atoms with Gasteiger partial charge in [-0.2, -0.15) is 4.31 Å². The topological polar surface area (TPSA) is 57.6 Å². The van der Waals surface area contributed by atoms with Crippen molar-refractivity contribution in [3.8, 4) is 5.75 Å². The summed E-state index contributed by atoms with van der Waals surface area (Å²) < 4.78 is 26.2. The zero-order chi connectivity index (χ0) is 13.2. The van der Waals surface area contributed by atoms with E-state index in [2.05, 4.69) is 6.92 Å². The van der Waals surface area contributed by atoms with Gasteiger partial charge in [0, 0.05) is 13.1 Å². The third-order valence-electron chi connectivity index (χ3n) is 3.42. The van der Waals surface area contributed by atoms with Gasteiger partial charge in [-0.1, -0.05) is 13.3 Å². The highest BCUT2D eigenvalue weighted by Crippen LogP contribution is 2.27. The fraction of sp³-hybridized carbons (Fsp3) is 0.538. The van der Waals surface area contributed by atoms with Crippen LogP contribution in [-0.2, 0) is 10.0 Å². The summed E-state index contributed by atoms with van der Waals surface area (Å²) in [7, 11) is -3.38. The average molecular weight is 269 g/mol. The molecule has 4 nitrogen and oxygen atoms in total. The number of benzene rings is 1. The smallest absolute Gasteiger partial charge is 0.243 e. The van der Waals surface area contributed by atoms with Gasteiger partial charge in [0.1, 0.15) is 5.75 Å². The van der Waals surface area contributed by atoms with Crippen LogP contribution in [0, 0.1) is 5.92 Å². The molecule has 1 aromatic carbocycles. The van der Waals surface area contributed by atoms with E-state index in [0.717, 1.165) is 19.3 Å². The third kappa shape index (κ3) is 2.67. The van der Waals surface area contributed by atoms with E-state index in [-0.39, 0.29) is 10.6 Å². The van der Waals surface area contributed by atoms with Gasteiger partial charge in [0.15, 0.2) is 0 Å². The zero-order valence-electron chi connectivity index (χ0n) is 10.5. The molecule has 1 atom stereocenters. The van der Waals surface area contributed by atoms with Gasteiger partial charge >= 0.3 is 0 Å². The fourth-order valence-electron chi connectivity index (χ4n) is 2.43. The molecular weight excluding hydrogens is 250 g/mol. The molecule has 18 heavy (non-hydrogen) atoms. The summed E-state index contributed by atoms with van der Waals surface area (Å²) in [4.78, 5) is 0.262. The van der Waals surface area contributed by atoms with Crippen LogP contribution in [0.25, 0.3) is 0 Å². The van der Waals surface area contributed by atoms with Crippen LogP contribution in [-0.4, -0.2) is 30.9 Å². The summed E-state index contributed by atoms with van der Waals surface area (Å²) >= 11 is 0. The summed E-state index contributed by atoms with van der Waals surface area (Å²) in [6.45, 7) is 3.35. The molecule has 0 aliphatic carbocycles. The van der Waals surface area contributed by atoms with Crippen LogP contribution < -0.4 is 0 Å². The summed E-state index contributed by atoms with van der Waals surface area (Å²) in [5.41, 5.74) is 0. The van der Waals surface area contributed by atoms with Crippen LogP contribution in [0.5, 0.6) is 5.75 Å². The van der Waals surface area contributed by atoms with E-state index in [1.54, 1.807) is 4.31 Å². The van der Waals surface area contributed by atoms with E-state index >= 15 is 0 Å². The quantitative estimate of drug-likeness (QED) is 0.911. The van der Waals surface area contributed by atoms with Crippen molar-refractivity contribution in [1.29, 1.82) is 0 Å². The van der Waals surface area contributed by atoms with E-state index in [4.69, 9.17) is 0 Å². The van der Waals surface area contributed by atoms with Gasteiger partial charge in [-0.15, -0.1) is 0 Å². The Morgan fingerprint density at radius 3 is 2.61 bits per heavy atom. The van der Waals surface area contributed by atoms with E-state index in [9.17, 15) is 13.5 Å². The van der Waals surface area contributed by atoms with Crippen molar-refractivity contribution in [3.05, 3.63) is 24.3 Å². The molecule has 100 valence electrons. The lowest BCUT2D eigenvalue weighted by molar-refractivity contribution is 0.444. The highest BCUT2D eigenvalue weighted by molar-refractivity contribution is 7.89. The number of sulfonamides is 1. The third-order valence-corrected chi connectivity index (χ3v) is 5.30. The molecule has 0 spiro atoms. The number of nitrogens with zero attached hydrogens (tertiary/aromatic N) is 1. The van der Waals surface area contributed by atoms with Crippen molar-refractivity contribution in [1.82, 2.24) is 4.31 Å². The minimum atomic E-state index is -3.38. The van der Waals surface area contributed by atoms with Gasteiger partial charge in [0.05, 0.1) is 4.90 Å². The van der Waals surface area contributed by atoms with E-state index in [1.807, 2.05) is 0 Å². The maximum atomic E-state index is 12.3. The zero-order valence-corrected chi connectivity index (χ0v) is 11.4. The highest BCUT2D eigenvalue weighted by Gasteiger charge is 2.31. The predicted octanol–water partition coefficient (Wildman–Crippen LogP) is 2.20. The van der Waals surface area contributed by atoms with Gasteiger partial charge in [0.25, 0.3) is 0 Å². The van der Waals surface area contributed by atoms with E-state index in [0.29, 0.717) is 19.0 Å². The van der Waals surface area contributed by atoms with Crippen LogP contribution in [0.1, 0.15) is 26.2 Å². The number of phenolic OH excluding ortho intramolecular Hbond substituents is 1. The molecule has 1 N–H and O–H groups in total. The second-order valence-electron chi connectivity index (χ2n) is 4.80. The fourth-order valence-corrected chi connectivity index (χ4v) is 3.96. The Morgan fingerprint density at radius 2 is 2.00 bits per heavy atom. The SMILES string of the molecule is CCCC1CCN(S(=O)(=O)c2ccc(O)cc2)C1. The summed E-state index contributed by atoms with van der Waals surface area (Å²) in [5.74, 6) is 0.570. The molecule has 1 fully saturated rings. The molecule has 1 aliphatic rings. The van der Waals surface area contributed by atoms with Crippen molar-refractivity contribution in [2.75, 3.05) is 13.1 Å². The second-order valence-corrected chi connectivity index (χ2v) is 6.74. The molecule has 0 bridgehead atoms. The van der Waals surface area contributed by atoms with E-state index in [1.165, 1.54) is 24.3 Å². The number of aromatic hydroxyl groups is 1. The van der Waals surface area contributed by atoms with Crippen molar-refractivity contribution in [2.45, 2.75) is 31.1 Å². The predicted molar refractivity (Wildman–Crippen MR) is 69.9 cm³/mol. The largest absolute Gasteiger partial charge is 0.508 e. The minimum Gasteiger partial charge on any atom is -0.508 e. The Morgan fingerprint density at radius 1 is 1.33 bits per heavy atom. The van der Waals surface area contributed by atoms with Crippen LogP contribution in [0.2, 0.25) is 0 Å². The highest BCUT2D eigenvalue weighted by atomic mass is 32.2. The standard InChI is InChI=1S/C13H19NO3S/c1-2-3-11-8-9-14(10-11)18(16,17)13-6-4-12(15)5-7-13/h4-7,11,15H,2-3,8-10H2,1H3. The van der Waals surface area contributed by atoms with Gasteiger partial charge in [-0.05, 0) is 43.0 Å². The van der Waals surface area contributed by atoms with Crippen LogP contribution in [0.15, 0.2) is 29.2 Å². The van der Waals surface area contributed by atoms with Crippen LogP contribution in [0.4, 0.5) is 0 Å². The lowest BCUT2D eigenvalue weighted by Gasteiger charge is -2.16. The van der Waals surface area contributed by atoms with Gasteiger partial charge < -0.3 is 5.11 Å². The maximum Gasteiger partial charge on any atom is 0.243 e.